The van der Waals surface area contributed by atoms with Crippen LogP contribution < -0.4 is 10.5 Å². The molecule has 1 aromatic heterocycles. The Bertz CT molecular complexity index is 522. The second-order valence-electron chi connectivity index (χ2n) is 3.48. The molecule has 0 bridgehead atoms. The summed E-state index contributed by atoms with van der Waals surface area (Å²) in [5.41, 5.74) is 4.74. The summed E-state index contributed by atoms with van der Waals surface area (Å²) in [6.07, 6.45) is -2.76. The lowest BCUT2D eigenvalue weighted by Gasteiger charge is -2.08. The third kappa shape index (κ3) is 3.13. The van der Waals surface area contributed by atoms with Crippen LogP contribution in [0.4, 0.5) is 18.3 Å². The van der Waals surface area contributed by atoms with Crippen molar-refractivity contribution in [1.82, 2.24) is 4.98 Å². The summed E-state index contributed by atoms with van der Waals surface area (Å²) in [7, 11) is 0. The highest BCUT2D eigenvalue weighted by Crippen LogP contribution is 2.30. The lowest BCUT2D eigenvalue weighted by molar-refractivity contribution is -0.137. The van der Waals surface area contributed by atoms with Gasteiger partial charge in [-0.3, -0.25) is 0 Å². The summed E-state index contributed by atoms with van der Waals surface area (Å²) in [5.74, 6) is 0.370. The Hall–Kier alpha value is -1.76. The number of aromatic nitrogens is 1. The Kier molecular flexibility index (Phi) is 3.42. The van der Waals surface area contributed by atoms with Crippen LogP contribution in [-0.4, -0.2) is 4.98 Å². The van der Waals surface area contributed by atoms with E-state index in [-0.39, 0.29) is 6.61 Å². The molecule has 2 rings (SSSR count). The van der Waals surface area contributed by atoms with Crippen molar-refractivity contribution in [1.29, 1.82) is 0 Å². The van der Waals surface area contributed by atoms with E-state index in [0.717, 1.165) is 17.0 Å². The molecule has 0 unspecified atom stereocenters. The van der Waals surface area contributed by atoms with Gasteiger partial charge in [0.2, 0.25) is 0 Å². The minimum atomic E-state index is -4.33. The standard InChI is InChI=1S/C11H9F3N2OS/c12-11(13,14)7-1-3-8(4-2-7)17-6-9-5-16-10(15)18-9/h1-5H,6H2,(H2,15,16). The van der Waals surface area contributed by atoms with Gasteiger partial charge in [-0.2, -0.15) is 13.2 Å². The molecule has 0 fully saturated rings. The van der Waals surface area contributed by atoms with Gasteiger partial charge in [0.15, 0.2) is 5.13 Å². The Morgan fingerprint density at radius 1 is 1.22 bits per heavy atom. The van der Waals surface area contributed by atoms with Gasteiger partial charge < -0.3 is 10.5 Å². The molecule has 0 spiro atoms. The molecule has 18 heavy (non-hydrogen) atoms. The van der Waals surface area contributed by atoms with E-state index in [1.807, 2.05) is 0 Å². The predicted octanol–water partition coefficient (Wildman–Crippen LogP) is 3.32. The van der Waals surface area contributed by atoms with Gasteiger partial charge in [-0.1, -0.05) is 11.3 Å². The molecule has 1 aromatic carbocycles. The van der Waals surface area contributed by atoms with Crippen LogP contribution in [0.25, 0.3) is 0 Å². The Balaban J connectivity index is 1.98. The molecule has 0 aliphatic heterocycles. The molecule has 0 saturated heterocycles. The summed E-state index contributed by atoms with van der Waals surface area (Å²) in [4.78, 5) is 4.66. The molecule has 0 saturated carbocycles. The number of rotatable bonds is 3. The number of thiazole rings is 1. The van der Waals surface area contributed by atoms with Crippen molar-refractivity contribution < 1.29 is 17.9 Å². The van der Waals surface area contributed by atoms with Crippen molar-refractivity contribution in [2.45, 2.75) is 12.8 Å². The van der Waals surface area contributed by atoms with Crippen LogP contribution in [0.2, 0.25) is 0 Å². The molecule has 1 heterocycles. The highest BCUT2D eigenvalue weighted by atomic mass is 32.1. The van der Waals surface area contributed by atoms with Crippen LogP contribution in [0.15, 0.2) is 30.5 Å². The summed E-state index contributed by atoms with van der Waals surface area (Å²) < 4.78 is 42.3. The molecule has 3 nitrogen and oxygen atoms in total. The number of halogens is 3. The van der Waals surface area contributed by atoms with Crippen LogP contribution in [0.3, 0.4) is 0 Å². The van der Waals surface area contributed by atoms with E-state index in [0.29, 0.717) is 10.9 Å². The van der Waals surface area contributed by atoms with Crippen molar-refractivity contribution in [3.05, 3.63) is 40.9 Å². The fraction of sp³-hybridized carbons (Fsp3) is 0.182. The lowest BCUT2D eigenvalue weighted by Crippen LogP contribution is -2.04. The average molecular weight is 274 g/mol. The maximum absolute atomic E-state index is 12.3. The first-order valence-corrected chi connectivity index (χ1v) is 5.77. The second-order valence-corrected chi connectivity index (χ2v) is 4.62. The average Bonchev–Trinajstić information content (AvgIpc) is 2.72. The molecular formula is C11H9F3N2OS. The molecule has 2 aromatic rings. The van der Waals surface area contributed by atoms with Crippen LogP contribution in [0, 0.1) is 0 Å². The van der Waals surface area contributed by atoms with Gasteiger partial charge in [0, 0.05) is 6.20 Å². The van der Waals surface area contributed by atoms with E-state index in [9.17, 15) is 13.2 Å². The van der Waals surface area contributed by atoms with Crippen molar-refractivity contribution >= 4 is 16.5 Å². The quantitative estimate of drug-likeness (QED) is 0.934. The molecule has 0 aliphatic rings. The smallest absolute Gasteiger partial charge is 0.416 e. The first kappa shape index (κ1) is 12.7. The number of anilines is 1. The maximum atomic E-state index is 12.3. The summed E-state index contributed by atoms with van der Waals surface area (Å²) >= 11 is 1.28. The van der Waals surface area contributed by atoms with Crippen molar-refractivity contribution in [3.63, 3.8) is 0 Å². The number of nitrogens with zero attached hydrogens (tertiary/aromatic N) is 1. The number of ether oxygens (including phenoxy) is 1. The molecule has 2 N–H and O–H groups in total. The summed E-state index contributed by atoms with van der Waals surface area (Å²) in [6, 6.07) is 4.53. The van der Waals surface area contributed by atoms with E-state index in [1.165, 1.54) is 23.5 Å². The summed E-state index contributed by atoms with van der Waals surface area (Å²) in [5, 5.41) is 0.431. The molecule has 0 radical (unpaired) electrons. The number of alkyl halides is 3. The Morgan fingerprint density at radius 2 is 1.89 bits per heavy atom. The fourth-order valence-electron chi connectivity index (χ4n) is 1.28. The van der Waals surface area contributed by atoms with E-state index >= 15 is 0 Å². The predicted molar refractivity (Wildman–Crippen MR) is 62.3 cm³/mol. The zero-order valence-corrected chi connectivity index (χ0v) is 9.89. The van der Waals surface area contributed by atoms with E-state index in [1.54, 1.807) is 6.20 Å². The first-order chi connectivity index (χ1) is 8.45. The van der Waals surface area contributed by atoms with Crippen LogP contribution in [0.1, 0.15) is 10.4 Å². The lowest BCUT2D eigenvalue weighted by atomic mass is 10.2. The van der Waals surface area contributed by atoms with Gasteiger partial charge >= 0.3 is 6.18 Å². The van der Waals surface area contributed by atoms with Gasteiger partial charge in [-0.15, -0.1) is 0 Å². The number of benzene rings is 1. The van der Waals surface area contributed by atoms with Crippen LogP contribution in [0.5, 0.6) is 5.75 Å². The number of nitrogen functional groups attached to an aromatic ring is 1. The molecule has 0 atom stereocenters. The largest absolute Gasteiger partial charge is 0.488 e. The SMILES string of the molecule is Nc1ncc(COc2ccc(C(F)(F)F)cc2)s1. The fourth-order valence-corrected chi connectivity index (χ4v) is 1.88. The monoisotopic (exact) mass is 274 g/mol. The highest BCUT2D eigenvalue weighted by Gasteiger charge is 2.29. The summed E-state index contributed by atoms with van der Waals surface area (Å²) in [6.45, 7) is 0.236. The molecule has 0 aliphatic carbocycles. The topological polar surface area (TPSA) is 48.1 Å². The zero-order valence-electron chi connectivity index (χ0n) is 9.07. The van der Waals surface area contributed by atoms with Crippen LogP contribution >= 0.6 is 11.3 Å². The van der Waals surface area contributed by atoms with Gasteiger partial charge in [-0.05, 0) is 24.3 Å². The van der Waals surface area contributed by atoms with Crippen LogP contribution in [-0.2, 0) is 12.8 Å². The van der Waals surface area contributed by atoms with E-state index < -0.39 is 11.7 Å². The zero-order chi connectivity index (χ0) is 13.2. The van der Waals surface area contributed by atoms with Gasteiger partial charge in [0.25, 0.3) is 0 Å². The first-order valence-electron chi connectivity index (χ1n) is 4.95. The Labute approximate surface area is 105 Å². The number of nitrogens with two attached hydrogens (primary N) is 1. The number of hydrogen-bond acceptors (Lipinski definition) is 4. The molecular weight excluding hydrogens is 265 g/mol. The van der Waals surface area contributed by atoms with Gasteiger partial charge in [0.05, 0.1) is 10.4 Å². The maximum Gasteiger partial charge on any atom is 0.416 e. The highest BCUT2D eigenvalue weighted by molar-refractivity contribution is 7.15. The number of hydrogen-bond donors (Lipinski definition) is 1. The third-order valence-corrected chi connectivity index (χ3v) is 2.93. The Morgan fingerprint density at radius 3 is 2.39 bits per heavy atom. The minimum Gasteiger partial charge on any atom is -0.488 e. The van der Waals surface area contributed by atoms with Gasteiger partial charge in [-0.25, -0.2) is 4.98 Å². The van der Waals surface area contributed by atoms with Crippen molar-refractivity contribution in [2.24, 2.45) is 0 Å². The second kappa shape index (κ2) is 4.85. The molecule has 0 amide bonds. The molecule has 96 valence electrons. The van der Waals surface area contributed by atoms with Gasteiger partial charge in [0.1, 0.15) is 12.4 Å². The third-order valence-electron chi connectivity index (χ3n) is 2.13. The van der Waals surface area contributed by atoms with E-state index in [4.69, 9.17) is 10.5 Å². The normalized spacial score (nSPS) is 11.5. The minimum absolute atomic E-state index is 0.236. The van der Waals surface area contributed by atoms with E-state index in [2.05, 4.69) is 4.98 Å². The molecule has 7 heteroatoms. The van der Waals surface area contributed by atoms with Crippen molar-refractivity contribution in [2.75, 3.05) is 5.73 Å². The van der Waals surface area contributed by atoms with Crippen molar-refractivity contribution in [3.8, 4) is 5.75 Å².